The number of carbonyl (C=O) groups excluding carboxylic acids is 1. The first-order valence-electron chi connectivity index (χ1n) is 10.9. The van der Waals surface area contributed by atoms with Crippen LogP contribution in [-0.2, 0) is 29.0 Å². The number of piperidine rings is 1. The monoisotopic (exact) mass is 443 g/mol. The van der Waals surface area contributed by atoms with Crippen LogP contribution in [0.4, 0.5) is 5.82 Å². The number of rotatable bonds is 10. The van der Waals surface area contributed by atoms with Crippen molar-refractivity contribution < 1.29 is 9.53 Å². The number of aromatic nitrogens is 2. The van der Waals surface area contributed by atoms with Crippen molar-refractivity contribution in [3.63, 3.8) is 0 Å². The first-order valence-corrected chi connectivity index (χ1v) is 10.9. The Labute approximate surface area is 187 Å². The topological polar surface area (TPSA) is 155 Å². The SMILES string of the molecule is COC(=O)Cc1cccc(CN(CCCn2c(N)c(C(=N)N)[nH]c2=O)C2CCNCC2)c1. The fourth-order valence-corrected chi connectivity index (χ4v) is 4.22. The number of nitrogens with zero attached hydrogens (tertiary/aromatic N) is 2. The number of aromatic amines is 1. The predicted molar refractivity (Wildman–Crippen MR) is 124 cm³/mol. The fourth-order valence-electron chi connectivity index (χ4n) is 4.22. The molecule has 32 heavy (non-hydrogen) atoms. The van der Waals surface area contributed by atoms with Crippen LogP contribution in [0, 0.1) is 5.41 Å². The standard InChI is InChI=1S/C22H33N7O3/c1-32-18(30)13-15-4-2-5-16(12-15)14-28(17-6-8-26-9-7-17)10-3-11-29-21(25)19(20(23)24)27-22(29)31/h2,4-5,12,17,26H,3,6-11,13-14,25H2,1H3,(H3,23,24)(H,27,31). The number of imidazole rings is 1. The van der Waals surface area contributed by atoms with Gasteiger partial charge in [0.25, 0.3) is 0 Å². The number of anilines is 1. The maximum atomic E-state index is 12.2. The average molecular weight is 444 g/mol. The van der Waals surface area contributed by atoms with Crippen LogP contribution in [0.3, 0.4) is 0 Å². The lowest BCUT2D eigenvalue weighted by Gasteiger charge is -2.35. The van der Waals surface area contributed by atoms with Gasteiger partial charge in [0.05, 0.1) is 13.5 Å². The summed E-state index contributed by atoms with van der Waals surface area (Å²) in [4.78, 5) is 28.8. The number of ether oxygens (including phenoxy) is 1. The molecule has 0 radical (unpaired) electrons. The second-order valence-corrected chi connectivity index (χ2v) is 8.13. The number of nitrogen functional groups attached to an aromatic ring is 2. The van der Waals surface area contributed by atoms with Crippen LogP contribution in [-0.4, -0.2) is 59.0 Å². The van der Waals surface area contributed by atoms with Crippen LogP contribution < -0.4 is 22.5 Å². The third-order valence-corrected chi connectivity index (χ3v) is 5.90. The molecule has 2 aromatic rings. The summed E-state index contributed by atoms with van der Waals surface area (Å²) < 4.78 is 6.22. The van der Waals surface area contributed by atoms with Crippen LogP contribution in [0.25, 0.3) is 0 Å². The number of nitrogens with two attached hydrogens (primary N) is 2. The van der Waals surface area contributed by atoms with Crippen LogP contribution in [0.1, 0.15) is 36.1 Å². The summed E-state index contributed by atoms with van der Waals surface area (Å²) in [5.74, 6) is -0.301. The number of methoxy groups -OCH3 is 1. The third-order valence-electron chi connectivity index (χ3n) is 5.90. The van der Waals surface area contributed by atoms with Gasteiger partial charge in [0, 0.05) is 25.7 Å². The van der Waals surface area contributed by atoms with Crippen molar-refractivity contribution in [2.45, 2.75) is 44.8 Å². The maximum Gasteiger partial charge on any atom is 0.327 e. The molecule has 10 heteroatoms. The molecule has 1 aliphatic heterocycles. The molecule has 0 aliphatic carbocycles. The number of nitrogens with one attached hydrogen (secondary N) is 3. The highest BCUT2D eigenvalue weighted by Gasteiger charge is 2.21. The smallest absolute Gasteiger partial charge is 0.327 e. The Bertz CT molecular complexity index is 992. The minimum absolute atomic E-state index is 0.174. The van der Waals surface area contributed by atoms with E-state index in [0.717, 1.165) is 56.6 Å². The number of amidine groups is 1. The van der Waals surface area contributed by atoms with E-state index >= 15 is 0 Å². The summed E-state index contributed by atoms with van der Waals surface area (Å²) in [5.41, 5.74) is 13.4. The highest BCUT2D eigenvalue weighted by molar-refractivity contribution is 5.97. The van der Waals surface area contributed by atoms with Crippen molar-refractivity contribution in [1.82, 2.24) is 19.8 Å². The lowest BCUT2D eigenvalue weighted by atomic mass is 10.0. The van der Waals surface area contributed by atoms with Gasteiger partial charge in [-0.1, -0.05) is 24.3 Å². The van der Waals surface area contributed by atoms with E-state index in [4.69, 9.17) is 21.6 Å². The lowest BCUT2D eigenvalue weighted by molar-refractivity contribution is -0.139. The number of benzene rings is 1. The molecule has 0 unspecified atom stereocenters. The molecular weight excluding hydrogens is 410 g/mol. The predicted octanol–water partition coefficient (Wildman–Crippen LogP) is 0.402. The molecule has 1 saturated heterocycles. The number of esters is 1. The van der Waals surface area contributed by atoms with Gasteiger partial charge in [-0.3, -0.25) is 19.7 Å². The first kappa shape index (κ1) is 23.6. The Morgan fingerprint density at radius 1 is 1.31 bits per heavy atom. The molecule has 0 spiro atoms. The Hall–Kier alpha value is -3.11. The molecule has 0 amide bonds. The van der Waals surface area contributed by atoms with Crippen LogP contribution in [0.2, 0.25) is 0 Å². The zero-order chi connectivity index (χ0) is 23.1. The van der Waals surface area contributed by atoms with E-state index < -0.39 is 0 Å². The molecule has 10 nitrogen and oxygen atoms in total. The van der Waals surface area contributed by atoms with Crippen molar-refractivity contribution in [3.8, 4) is 0 Å². The molecule has 174 valence electrons. The van der Waals surface area contributed by atoms with Crippen LogP contribution in [0.15, 0.2) is 29.1 Å². The Morgan fingerprint density at radius 2 is 2.03 bits per heavy atom. The van der Waals surface area contributed by atoms with Gasteiger partial charge in [-0.15, -0.1) is 0 Å². The third kappa shape index (κ3) is 5.98. The minimum atomic E-state index is -0.350. The van der Waals surface area contributed by atoms with Gasteiger partial charge < -0.3 is 26.5 Å². The lowest BCUT2D eigenvalue weighted by Crippen LogP contribution is -2.43. The van der Waals surface area contributed by atoms with E-state index in [1.165, 1.54) is 11.7 Å². The van der Waals surface area contributed by atoms with E-state index in [0.29, 0.717) is 12.6 Å². The molecule has 3 rings (SSSR count). The van der Waals surface area contributed by atoms with Gasteiger partial charge in [-0.2, -0.15) is 0 Å². The Morgan fingerprint density at radius 3 is 2.69 bits per heavy atom. The summed E-state index contributed by atoms with van der Waals surface area (Å²) in [6.45, 7) is 3.96. The van der Waals surface area contributed by atoms with Crippen LogP contribution in [0.5, 0.6) is 0 Å². The van der Waals surface area contributed by atoms with Gasteiger partial charge in [0.2, 0.25) is 0 Å². The number of carbonyl (C=O) groups is 1. The van der Waals surface area contributed by atoms with E-state index in [9.17, 15) is 9.59 Å². The van der Waals surface area contributed by atoms with Gasteiger partial charge in [-0.05, 0) is 43.5 Å². The second kappa shape index (κ2) is 11.0. The number of hydrogen-bond acceptors (Lipinski definition) is 7. The molecule has 1 aliphatic rings. The molecule has 0 atom stereocenters. The Kier molecular flexibility index (Phi) is 8.07. The van der Waals surface area contributed by atoms with Crippen molar-refractivity contribution in [2.75, 3.05) is 32.5 Å². The number of H-pyrrole nitrogens is 1. The Balaban J connectivity index is 1.69. The van der Waals surface area contributed by atoms with Gasteiger partial charge in [0.15, 0.2) is 0 Å². The van der Waals surface area contributed by atoms with Gasteiger partial charge in [-0.25, -0.2) is 4.79 Å². The molecule has 0 bridgehead atoms. The van der Waals surface area contributed by atoms with Crippen molar-refractivity contribution in [1.29, 1.82) is 5.41 Å². The first-order chi connectivity index (χ1) is 15.4. The molecule has 7 N–H and O–H groups in total. The number of hydrogen-bond donors (Lipinski definition) is 5. The van der Waals surface area contributed by atoms with Crippen molar-refractivity contribution in [2.24, 2.45) is 5.73 Å². The van der Waals surface area contributed by atoms with E-state index in [1.54, 1.807) is 0 Å². The van der Waals surface area contributed by atoms with Gasteiger partial charge >= 0.3 is 11.7 Å². The van der Waals surface area contributed by atoms with Gasteiger partial charge in [0.1, 0.15) is 17.3 Å². The summed E-state index contributed by atoms with van der Waals surface area (Å²) in [6, 6.07) is 8.47. The molecule has 2 heterocycles. The largest absolute Gasteiger partial charge is 0.469 e. The molecule has 1 fully saturated rings. The highest BCUT2D eigenvalue weighted by Crippen LogP contribution is 2.18. The minimum Gasteiger partial charge on any atom is -0.469 e. The maximum absolute atomic E-state index is 12.2. The van der Waals surface area contributed by atoms with E-state index in [2.05, 4.69) is 27.3 Å². The molecule has 1 aromatic carbocycles. The zero-order valence-corrected chi connectivity index (χ0v) is 18.5. The van der Waals surface area contributed by atoms with E-state index in [1.807, 2.05) is 12.1 Å². The summed E-state index contributed by atoms with van der Waals surface area (Å²) in [7, 11) is 1.40. The average Bonchev–Trinajstić information content (AvgIpc) is 3.07. The highest BCUT2D eigenvalue weighted by atomic mass is 16.5. The van der Waals surface area contributed by atoms with Crippen molar-refractivity contribution in [3.05, 3.63) is 51.6 Å². The molecule has 0 saturated carbocycles. The molecule has 1 aromatic heterocycles. The van der Waals surface area contributed by atoms with Crippen LogP contribution >= 0.6 is 0 Å². The zero-order valence-electron chi connectivity index (χ0n) is 18.5. The van der Waals surface area contributed by atoms with E-state index in [-0.39, 0.29) is 35.4 Å². The molecular formula is C22H33N7O3. The fraction of sp³-hybridized carbons (Fsp3) is 0.500. The summed E-state index contributed by atoms with van der Waals surface area (Å²) in [6.07, 6.45) is 3.10. The summed E-state index contributed by atoms with van der Waals surface area (Å²) >= 11 is 0. The quantitative estimate of drug-likeness (QED) is 0.202. The normalized spacial score (nSPS) is 14.6. The second-order valence-electron chi connectivity index (χ2n) is 8.13. The van der Waals surface area contributed by atoms with Crippen molar-refractivity contribution >= 4 is 17.6 Å². The summed E-state index contributed by atoms with van der Waals surface area (Å²) in [5, 5.41) is 10.9.